The van der Waals surface area contributed by atoms with Crippen LogP contribution in [0.3, 0.4) is 0 Å². The van der Waals surface area contributed by atoms with Gasteiger partial charge in [-0.25, -0.2) is 9.37 Å². The standard InChI is InChI=1S/C14H13FN6O2S/c1-8-17-14(20-19-8)24-7-11(22)16-6-12-18-13(21-23-12)9-3-2-4-10(15)5-9/h2-5H,6-7H2,1H3,(H,16,22)(H,17,19,20). The lowest BCUT2D eigenvalue weighted by atomic mass is 10.2. The molecule has 0 aliphatic carbocycles. The average molecular weight is 348 g/mol. The maximum atomic E-state index is 13.2. The maximum Gasteiger partial charge on any atom is 0.246 e. The highest BCUT2D eigenvalue weighted by Crippen LogP contribution is 2.16. The molecule has 2 aromatic heterocycles. The monoisotopic (exact) mass is 348 g/mol. The van der Waals surface area contributed by atoms with E-state index in [0.29, 0.717) is 16.5 Å². The van der Waals surface area contributed by atoms with Crippen molar-refractivity contribution in [3.63, 3.8) is 0 Å². The van der Waals surface area contributed by atoms with Gasteiger partial charge in [0, 0.05) is 5.56 Å². The van der Waals surface area contributed by atoms with Crippen LogP contribution in [-0.2, 0) is 11.3 Å². The molecule has 0 fully saturated rings. The number of benzene rings is 1. The second-order valence-corrected chi connectivity index (χ2v) is 5.73. The molecular formula is C14H13FN6O2S. The topological polar surface area (TPSA) is 110 Å². The van der Waals surface area contributed by atoms with Crippen LogP contribution in [0.25, 0.3) is 11.4 Å². The minimum absolute atomic E-state index is 0.0920. The molecule has 0 saturated heterocycles. The molecule has 1 amide bonds. The third-order valence-corrected chi connectivity index (χ3v) is 3.74. The van der Waals surface area contributed by atoms with Crippen molar-refractivity contribution in [3.8, 4) is 11.4 Å². The van der Waals surface area contributed by atoms with Crippen molar-refractivity contribution >= 4 is 17.7 Å². The number of rotatable bonds is 6. The first-order chi connectivity index (χ1) is 11.6. The highest BCUT2D eigenvalue weighted by molar-refractivity contribution is 7.99. The molecule has 124 valence electrons. The second-order valence-electron chi connectivity index (χ2n) is 4.79. The summed E-state index contributed by atoms with van der Waals surface area (Å²) in [6, 6.07) is 5.87. The van der Waals surface area contributed by atoms with E-state index in [1.54, 1.807) is 19.1 Å². The van der Waals surface area contributed by atoms with Gasteiger partial charge >= 0.3 is 0 Å². The number of halogens is 1. The lowest BCUT2D eigenvalue weighted by Crippen LogP contribution is -2.24. The number of thioether (sulfide) groups is 1. The van der Waals surface area contributed by atoms with Crippen LogP contribution in [0.15, 0.2) is 33.9 Å². The number of aromatic nitrogens is 5. The molecule has 1 aromatic carbocycles. The Morgan fingerprint density at radius 3 is 3.04 bits per heavy atom. The van der Waals surface area contributed by atoms with Gasteiger partial charge in [-0.05, 0) is 19.1 Å². The Balaban J connectivity index is 1.51. The summed E-state index contributed by atoms with van der Waals surface area (Å²) in [5.41, 5.74) is 0.506. The van der Waals surface area contributed by atoms with Crippen molar-refractivity contribution in [1.29, 1.82) is 0 Å². The largest absolute Gasteiger partial charge is 0.346 e. The molecular weight excluding hydrogens is 335 g/mol. The van der Waals surface area contributed by atoms with Crippen LogP contribution in [0.1, 0.15) is 11.7 Å². The van der Waals surface area contributed by atoms with E-state index < -0.39 is 0 Å². The molecule has 3 rings (SSSR count). The van der Waals surface area contributed by atoms with Crippen LogP contribution in [0, 0.1) is 12.7 Å². The first-order valence-electron chi connectivity index (χ1n) is 6.97. The maximum absolute atomic E-state index is 13.2. The van der Waals surface area contributed by atoms with E-state index in [0.717, 1.165) is 0 Å². The molecule has 3 aromatic rings. The van der Waals surface area contributed by atoms with Gasteiger partial charge in [-0.1, -0.05) is 29.1 Å². The Morgan fingerprint density at radius 1 is 1.42 bits per heavy atom. The van der Waals surface area contributed by atoms with Crippen LogP contribution >= 0.6 is 11.8 Å². The fourth-order valence-electron chi connectivity index (χ4n) is 1.81. The van der Waals surface area contributed by atoms with Crippen molar-refractivity contribution in [1.82, 2.24) is 30.6 Å². The van der Waals surface area contributed by atoms with Crippen molar-refractivity contribution in [2.24, 2.45) is 0 Å². The zero-order valence-electron chi connectivity index (χ0n) is 12.6. The van der Waals surface area contributed by atoms with Crippen molar-refractivity contribution < 1.29 is 13.7 Å². The molecule has 0 spiro atoms. The summed E-state index contributed by atoms with van der Waals surface area (Å²) in [7, 11) is 0. The first-order valence-corrected chi connectivity index (χ1v) is 7.96. The Bertz CT molecular complexity index is 849. The Hall–Kier alpha value is -2.75. The molecule has 0 saturated carbocycles. The Morgan fingerprint density at radius 2 is 2.29 bits per heavy atom. The molecule has 0 unspecified atom stereocenters. The number of carbonyl (C=O) groups excluding carboxylic acids is 1. The number of amides is 1. The molecule has 0 aliphatic heterocycles. The average Bonchev–Trinajstić information content (AvgIpc) is 3.20. The smallest absolute Gasteiger partial charge is 0.246 e. The van der Waals surface area contributed by atoms with Gasteiger partial charge in [0.15, 0.2) is 0 Å². The van der Waals surface area contributed by atoms with Crippen LogP contribution in [-0.4, -0.2) is 37.0 Å². The third-order valence-electron chi connectivity index (χ3n) is 2.90. The van der Waals surface area contributed by atoms with Crippen molar-refractivity contribution in [2.75, 3.05) is 5.75 Å². The Labute approximate surface area is 140 Å². The lowest BCUT2D eigenvalue weighted by Gasteiger charge is -1.99. The fourth-order valence-corrected chi connectivity index (χ4v) is 2.49. The van der Waals surface area contributed by atoms with E-state index in [9.17, 15) is 9.18 Å². The van der Waals surface area contributed by atoms with Crippen molar-refractivity contribution in [3.05, 3.63) is 41.8 Å². The van der Waals surface area contributed by atoms with Crippen LogP contribution in [0.4, 0.5) is 4.39 Å². The van der Waals surface area contributed by atoms with Gasteiger partial charge in [0.05, 0.1) is 12.3 Å². The number of H-pyrrole nitrogens is 1. The Kier molecular flexibility index (Phi) is 4.85. The highest BCUT2D eigenvalue weighted by atomic mass is 32.2. The number of hydrogen-bond acceptors (Lipinski definition) is 7. The van der Waals surface area contributed by atoms with Gasteiger partial charge in [0.1, 0.15) is 11.6 Å². The summed E-state index contributed by atoms with van der Waals surface area (Å²) < 4.78 is 18.2. The lowest BCUT2D eigenvalue weighted by molar-refractivity contribution is -0.118. The molecule has 0 radical (unpaired) electrons. The summed E-state index contributed by atoms with van der Waals surface area (Å²) in [6.45, 7) is 1.87. The highest BCUT2D eigenvalue weighted by Gasteiger charge is 2.11. The van der Waals surface area contributed by atoms with E-state index in [1.807, 2.05) is 0 Å². The van der Waals surface area contributed by atoms with Gasteiger partial charge in [0.25, 0.3) is 0 Å². The number of aromatic amines is 1. The summed E-state index contributed by atoms with van der Waals surface area (Å²) in [5.74, 6) is 0.765. The molecule has 10 heteroatoms. The van der Waals surface area contributed by atoms with Crippen LogP contribution in [0.5, 0.6) is 0 Å². The van der Waals surface area contributed by atoms with Gasteiger partial charge in [-0.15, -0.1) is 5.10 Å². The summed E-state index contributed by atoms with van der Waals surface area (Å²) in [4.78, 5) is 20.0. The number of carbonyl (C=O) groups is 1. The van der Waals surface area contributed by atoms with Gasteiger partial charge in [0.2, 0.25) is 22.8 Å². The van der Waals surface area contributed by atoms with Crippen LogP contribution < -0.4 is 5.32 Å². The molecule has 8 nitrogen and oxygen atoms in total. The molecule has 24 heavy (non-hydrogen) atoms. The predicted octanol–water partition coefficient (Wildman–Crippen LogP) is 1.71. The fraction of sp³-hybridized carbons (Fsp3) is 0.214. The summed E-state index contributed by atoms with van der Waals surface area (Å²) in [6.07, 6.45) is 0. The quantitative estimate of drug-likeness (QED) is 0.653. The number of aryl methyl sites for hydroxylation is 1. The molecule has 0 aliphatic rings. The number of nitrogens with one attached hydrogen (secondary N) is 2. The predicted molar refractivity (Wildman–Crippen MR) is 83.4 cm³/mol. The third kappa shape index (κ3) is 4.16. The van der Waals surface area contributed by atoms with E-state index in [-0.39, 0.29) is 35.7 Å². The normalized spacial score (nSPS) is 10.8. The SMILES string of the molecule is Cc1nc(SCC(=O)NCc2nc(-c3cccc(F)c3)no2)n[nH]1. The minimum atomic E-state index is -0.383. The van der Waals surface area contributed by atoms with E-state index >= 15 is 0 Å². The second kappa shape index (κ2) is 7.21. The summed E-state index contributed by atoms with van der Waals surface area (Å²) >= 11 is 1.21. The van der Waals surface area contributed by atoms with E-state index in [1.165, 1.54) is 23.9 Å². The molecule has 2 heterocycles. The molecule has 2 N–H and O–H groups in total. The molecule has 0 atom stereocenters. The zero-order chi connectivity index (χ0) is 16.9. The number of hydrogen-bond donors (Lipinski definition) is 2. The van der Waals surface area contributed by atoms with Crippen LogP contribution in [0.2, 0.25) is 0 Å². The number of nitrogens with zero attached hydrogens (tertiary/aromatic N) is 4. The minimum Gasteiger partial charge on any atom is -0.346 e. The first kappa shape index (κ1) is 16.1. The van der Waals surface area contributed by atoms with Gasteiger partial charge in [-0.2, -0.15) is 4.98 Å². The summed E-state index contributed by atoms with van der Waals surface area (Å²) in [5, 5.41) is 13.6. The van der Waals surface area contributed by atoms with E-state index in [2.05, 4.69) is 30.6 Å². The van der Waals surface area contributed by atoms with Gasteiger partial charge in [-0.3, -0.25) is 9.89 Å². The van der Waals surface area contributed by atoms with Crippen molar-refractivity contribution in [2.45, 2.75) is 18.6 Å². The van der Waals surface area contributed by atoms with Gasteiger partial charge < -0.3 is 9.84 Å². The molecule has 0 bridgehead atoms. The van der Waals surface area contributed by atoms with E-state index in [4.69, 9.17) is 4.52 Å². The zero-order valence-corrected chi connectivity index (χ0v) is 13.4.